The smallest absolute Gasteiger partial charge is 0.394 e. The number of rotatable bonds is 6. The molecule has 1 amide bonds. The van der Waals surface area contributed by atoms with Gasteiger partial charge in [0.15, 0.2) is 0 Å². The minimum atomic E-state index is -4.53. The average molecular weight is 436 g/mol. The SMILES string of the molecule is O=C(NC(CO)CF)c1cc(-c2ccc(C(F)(F)F)cc2)nn(-c2cccnc2)c1=O. The molecule has 11 heteroatoms. The molecule has 2 N–H and O–H groups in total. The summed E-state index contributed by atoms with van der Waals surface area (Å²) in [5.41, 5.74) is -1.70. The van der Waals surface area contributed by atoms with Crippen LogP contribution in [0.5, 0.6) is 0 Å². The Morgan fingerprint density at radius 2 is 1.90 bits per heavy atom. The predicted molar refractivity (Wildman–Crippen MR) is 102 cm³/mol. The van der Waals surface area contributed by atoms with E-state index in [2.05, 4.69) is 15.4 Å². The highest BCUT2D eigenvalue weighted by Crippen LogP contribution is 2.30. The van der Waals surface area contributed by atoms with E-state index in [1.807, 2.05) is 0 Å². The van der Waals surface area contributed by atoms with Crippen LogP contribution < -0.4 is 10.9 Å². The molecular weight excluding hydrogens is 420 g/mol. The molecule has 1 atom stereocenters. The van der Waals surface area contributed by atoms with E-state index in [0.717, 1.165) is 35.0 Å². The van der Waals surface area contributed by atoms with E-state index < -0.39 is 48.1 Å². The third kappa shape index (κ3) is 4.94. The van der Waals surface area contributed by atoms with Crippen molar-refractivity contribution < 1.29 is 27.5 Å². The fourth-order valence-corrected chi connectivity index (χ4v) is 2.68. The number of nitrogens with zero attached hydrogens (tertiary/aromatic N) is 3. The Kier molecular flexibility index (Phi) is 6.44. The van der Waals surface area contributed by atoms with Crippen LogP contribution >= 0.6 is 0 Å². The number of halogens is 4. The largest absolute Gasteiger partial charge is 0.416 e. The molecule has 0 aliphatic heterocycles. The van der Waals surface area contributed by atoms with Crippen molar-refractivity contribution in [2.75, 3.05) is 13.3 Å². The molecule has 0 radical (unpaired) electrons. The summed E-state index contributed by atoms with van der Waals surface area (Å²) in [6, 6.07) is 6.91. The Bertz CT molecular complexity index is 1110. The normalized spacial score (nSPS) is 12.4. The molecule has 0 aliphatic carbocycles. The van der Waals surface area contributed by atoms with Crippen LogP contribution in [0.1, 0.15) is 15.9 Å². The first kappa shape index (κ1) is 22.1. The number of benzene rings is 1. The molecule has 0 saturated carbocycles. The summed E-state index contributed by atoms with van der Waals surface area (Å²) < 4.78 is 52.3. The van der Waals surface area contributed by atoms with E-state index >= 15 is 0 Å². The molecule has 31 heavy (non-hydrogen) atoms. The number of pyridine rings is 1. The maximum Gasteiger partial charge on any atom is 0.416 e. The number of hydrogen-bond acceptors (Lipinski definition) is 5. The monoisotopic (exact) mass is 436 g/mol. The maximum atomic E-state index is 12.9. The van der Waals surface area contributed by atoms with E-state index in [0.29, 0.717) is 0 Å². The van der Waals surface area contributed by atoms with Crippen molar-refractivity contribution in [3.8, 4) is 16.9 Å². The first-order valence-corrected chi connectivity index (χ1v) is 8.94. The molecule has 162 valence electrons. The lowest BCUT2D eigenvalue weighted by molar-refractivity contribution is -0.137. The molecule has 1 unspecified atom stereocenters. The molecule has 3 aromatic rings. The highest BCUT2D eigenvalue weighted by atomic mass is 19.4. The third-order valence-corrected chi connectivity index (χ3v) is 4.30. The summed E-state index contributed by atoms with van der Waals surface area (Å²) >= 11 is 0. The fraction of sp³-hybridized carbons (Fsp3) is 0.200. The lowest BCUT2D eigenvalue weighted by atomic mass is 10.1. The van der Waals surface area contributed by atoms with E-state index in [1.54, 1.807) is 0 Å². The number of aliphatic hydroxyl groups excluding tert-OH is 1. The minimum absolute atomic E-state index is 0.0307. The van der Waals surface area contributed by atoms with Gasteiger partial charge in [-0.15, -0.1) is 0 Å². The standard InChI is InChI=1S/C20H16F4N4O3/c21-9-14(11-29)26-18(30)16-8-17(12-3-5-13(6-4-12)20(22,23)24)27-28(19(16)31)15-2-1-7-25-10-15/h1-8,10,14,29H,9,11H2,(H,26,30). The van der Waals surface area contributed by atoms with E-state index in [9.17, 15) is 27.2 Å². The summed E-state index contributed by atoms with van der Waals surface area (Å²) in [5.74, 6) is -0.963. The van der Waals surface area contributed by atoms with Gasteiger partial charge in [-0.05, 0) is 30.3 Å². The van der Waals surface area contributed by atoms with Crippen LogP contribution in [0.25, 0.3) is 16.9 Å². The lowest BCUT2D eigenvalue weighted by Crippen LogP contribution is -2.42. The Morgan fingerprint density at radius 1 is 1.19 bits per heavy atom. The Morgan fingerprint density at radius 3 is 2.45 bits per heavy atom. The first-order chi connectivity index (χ1) is 14.7. The minimum Gasteiger partial charge on any atom is -0.394 e. The number of aliphatic hydroxyl groups is 1. The zero-order valence-electron chi connectivity index (χ0n) is 15.8. The number of aromatic nitrogens is 3. The van der Waals surface area contributed by atoms with Gasteiger partial charge in [0.2, 0.25) is 0 Å². The van der Waals surface area contributed by atoms with Crippen molar-refractivity contribution in [3.05, 3.63) is 76.3 Å². The van der Waals surface area contributed by atoms with Crippen LogP contribution in [-0.4, -0.2) is 45.1 Å². The van der Waals surface area contributed by atoms with Crippen molar-refractivity contribution in [1.82, 2.24) is 20.1 Å². The zero-order valence-corrected chi connectivity index (χ0v) is 15.8. The summed E-state index contributed by atoms with van der Waals surface area (Å²) in [4.78, 5) is 29.3. The van der Waals surface area contributed by atoms with Gasteiger partial charge in [-0.2, -0.15) is 23.0 Å². The molecule has 0 bridgehead atoms. The predicted octanol–water partition coefficient (Wildman–Crippen LogP) is 2.37. The first-order valence-electron chi connectivity index (χ1n) is 8.94. The summed E-state index contributed by atoms with van der Waals surface area (Å²) in [7, 11) is 0. The number of nitrogens with one attached hydrogen (secondary N) is 1. The molecule has 2 heterocycles. The van der Waals surface area contributed by atoms with Crippen LogP contribution in [0.3, 0.4) is 0 Å². The van der Waals surface area contributed by atoms with Crippen molar-refractivity contribution in [2.24, 2.45) is 0 Å². The van der Waals surface area contributed by atoms with E-state index in [-0.39, 0.29) is 16.9 Å². The Balaban J connectivity index is 2.13. The molecule has 1 aromatic carbocycles. The number of carbonyl (C=O) groups excluding carboxylic acids is 1. The van der Waals surface area contributed by atoms with Crippen molar-refractivity contribution in [1.29, 1.82) is 0 Å². The second-order valence-corrected chi connectivity index (χ2v) is 6.45. The molecule has 0 spiro atoms. The molecule has 0 fully saturated rings. The van der Waals surface area contributed by atoms with Crippen molar-refractivity contribution >= 4 is 5.91 Å². The topological polar surface area (TPSA) is 97.1 Å². The summed E-state index contributed by atoms with van der Waals surface area (Å²) in [5, 5.41) is 15.4. The number of alkyl halides is 4. The Hall–Kier alpha value is -3.60. The van der Waals surface area contributed by atoms with Crippen LogP contribution in [0.2, 0.25) is 0 Å². The van der Waals surface area contributed by atoms with Crippen molar-refractivity contribution in [2.45, 2.75) is 12.2 Å². The molecular formula is C20H16F4N4O3. The molecule has 0 aliphatic rings. The van der Waals surface area contributed by atoms with Crippen LogP contribution in [-0.2, 0) is 6.18 Å². The van der Waals surface area contributed by atoms with Gasteiger partial charge in [0.1, 0.15) is 12.2 Å². The quantitative estimate of drug-likeness (QED) is 0.579. The molecule has 0 saturated heterocycles. The maximum absolute atomic E-state index is 12.9. The average Bonchev–Trinajstić information content (AvgIpc) is 2.77. The number of amides is 1. The summed E-state index contributed by atoms with van der Waals surface area (Å²) in [6.45, 7) is -1.74. The highest BCUT2D eigenvalue weighted by molar-refractivity contribution is 5.95. The second-order valence-electron chi connectivity index (χ2n) is 6.45. The van der Waals surface area contributed by atoms with E-state index in [1.165, 1.54) is 24.5 Å². The van der Waals surface area contributed by atoms with Gasteiger partial charge in [0.25, 0.3) is 11.5 Å². The van der Waals surface area contributed by atoms with Gasteiger partial charge in [0.05, 0.1) is 35.8 Å². The third-order valence-electron chi connectivity index (χ3n) is 4.30. The summed E-state index contributed by atoms with van der Waals surface area (Å²) in [6.07, 6.45) is -1.77. The molecule has 3 rings (SSSR count). The van der Waals surface area contributed by atoms with Gasteiger partial charge in [-0.3, -0.25) is 14.6 Å². The highest BCUT2D eigenvalue weighted by Gasteiger charge is 2.30. The number of carbonyl (C=O) groups is 1. The lowest BCUT2D eigenvalue weighted by Gasteiger charge is -2.14. The van der Waals surface area contributed by atoms with Gasteiger partial charge >= 0.3 is 6.18 Å². The number of hydrogen-bond donors (Lipinski definition) is 2. The Labute approximate surface area is 173 Å². The van der Waals surface area contributed by atoms with Gasteiger partial charge in [-0.1, -0.05) is 12.1 Å². The molecule has 2 aromatic heterocycles. The second kappa shape index (κ2) is 9.04. The van der Waals surface area contributed by atoms with Crippen LogP contribution in [0.15, 0.2) is 59.7 Å². The van der Waals surface area contributed by atoms with Crippen molar-refractivity contribution in [3.63, 3.8) is 0 Å². The fourth-order valence-electron chi connectivity index (χ4n) is 2.68. The van der Waals surface area contributed by atoms with E-state index in [4.69, 9.17) is 5.11 Å². The van der Waals surface area contributed by atoms with Gasteiger partial charge in [-0.25, -0.2) is 4.39 Å². The van der Waals surface area contributed by atoms with Gasteiger partial charge in [0, 0.05) is 11.8 Å². The van der Waals surface area contributed by atoms with Gasteiger partial charge < -0.3 is 10.4 Å². The van der Waals surface area contributed by atoms with Crippen LogP contribution in [0.4, 0.5) is 17.6 Å². The van der Waals surface area contributed by atoms with Crippen LogP contribution in [0, 0.1) is 0 Å². The molecule has 7 nitrogen and oxygen atoms in total. The zero-order chi connectivity index (χ0) is 22.6.